The molecule has 0 heterocycles. The number of nitriles is 1. The van der Waals surface area contributed by atoms with Gasteiger partial charge in [-0.05, 0) is 25.1 Å². The van der Waals surface area contributed by atoms with E-state index in [1.807, 2.05) is 13.0 Å². The Morgan fingerprint density at radius 2 is 2.38 bits per heavy atom. The standard InChI is InChI=1S/C10H10NO2/c1-2-13-10-4-3-8(6-11)5-9(10)7-12/h3-5,7,12H,2H2,1H3. The van der Waals surface area contributed by atoms with Crippen LogP contribution in [-0.2, 0) is 0 Å². The maximum Gasteiger partial charge on any atom is 0.125 e. The maximum atomic E-state index is 8.85. The van der Waals surface area contributed by atoms with Gasteiger partial charge in [0.05, 0.1) is 18.2 Å². The van der Waals surface area contributed by atoms with Gasteiger partial charge in [0.15, 0.2) is 0 Å². The Balaban J connectivity index is 3.02. The Morgan fingerprint density at radius 1 is 1.62 bits per heavy atom. The molecule has 1 aromatic carbocycles. The van der Waals surface area contributed by atoms with Crippen LogP contribution in [0.1, 0.15) is 18.1 Å². The zero-order valence-electron chi connectivity index (χ0n) is 7.32. The molecule has 1 aromatic rings. The van der Waals surface area contributed by atoms with Crippen LogP contribution in [-0.4, -0.2) is 11.7 Å². The minimum Gasteiger partial charge on any atom is -0.493 e. The number of hydrogen-bond donors (Lipinski definition) is 1. The third kappa shape index (κ3) is 2.20. The Kier molecular flexibility index (Phi) is 3.30. The number of hydrogen-bond acceptors (Lipinski definition) is 3. The maximum absolute atomic E-state index is 8.85. The minimum absolute atomic E-state index is 0.503. The zero-order chi connectivity index (χ0) is 9.68. The number of aliphatic hydroxyl groups is 1. The van der Waals surface area contributed by atoms with Gasteiger partial charge >= 0.3 is 0 Å². The molecule has 0 aliphatic carbocycles. The van der Waals surface area contributed by atoms with Crippen LogP contribution in [0.25, 0.3) is 0 Å². The van der Waals surface area contributed by atoms with Crippen molar-refractivity contribution < 1.29 is 9.84 Å². The smallest absolute Gasteiger partial charge is 0.125 e. The third-order valence-corrected chi connectivity index (χ3v) is 1.58. The minimum atomic E-state index is 0.503. The summed E-state index contributed by atoms with van der Waals surface area (Å²) in [6.45, 7) is 3.33. The molecule has 13 heavy (non-hydrogen) atoms. The molecule has 3 nitrogen and oxygen atoms in total. The molecule has 1 radical (unpaired) electrons. The molecule has 0 spiro atoms. The second-order valence-electron chi connectivity index (χ2n) is 2.43. The average molecular weight is 176 g/mol. The molecule has 0 amide bonds. The summed E-state index contributed by atoms with van der Waals surface area (Å²) in [7, 11) is 0. The SMILES string of the molecule is CCOc1ccc(C#N)cc1[CH]O. The molecule has 0 saturated carbocycles. The third-order valence-electron chi connectivity index (χ3n) is 1.58. The van der Waals surface area contributed by atoms with Crippen molar-refractivity contribution in [2.24, 2.45) is 0 Å². The van der Waals surface area contributed by atoms with E-state index in [2.05, 4.69) is 0 Å². The summed E-state index contributed by atoms with van der Waals surface area (Å²) in [5, 5.41) is 17.4. The van der Waals surface area contributed by atoms with Crippen LogP contribution in [0.2, 0.25) is 0 Å². The first-order chi connectivity index (χ1) is 6.31. The molecule has 0 saturated heterocycles. The molecule has 3 heteroatoms. The fraction of sp³-hybridized carbons (Fsp3) is 0.200. The van der Waals surface area contributed by atoms with Crippen molar-refractivity contribution in [1.29, 1.82) is 5.26 Å². The first-order valence-electron chi connectivity index (χ1n) is 3.96. The lowest BCUT2D eigenvalue weighted by molar-refractivity contribution is 0.330. The highest BCUT2D eigenvalue weighted by Crippen LogP contribution is 2.20. The molecular formula is C10H10NO2. The van der Waals surface area contributed by atoms with Crippen molar-refractivity contribution in [2.75, 3.05) is 6.61 Å². The van der Waals surface area contributed by atoms with Gasteiger partial charge in [0.25, 0.3) is 0 Å². The molecular weight excluding hydrogens is 166 g/mol. The second kappa shape index (κ2) is 4.48. The number of rotatable bonds is 3. The lowest BCUT2D eigenvalue weighted by Gasteiger charge is -2.07. The van der Waals surface area contributed by atoms with Crippen LogP contribution in [0.4, 0.5) is 0 Å². The van der Waals surface area contributed by atoms with Crippen molar-refractivity contribution in [3.63, 3.8) is 0 Å². The van der Waals surface area contributed by atoms with E-state index in [1.54, 1.807) is 18.2 Å². The topological polar surface area (TPSA) is 53.2 Å². The van der Waals surface area contributed by atoms with E-state index >= 15 is 0 Å². The second-order valence-corrected chi connectivity index (χ2v) is 2.43. The van der Waals surface area contributed by atoms with E-state index in [0.29, 0.717) is 23.5 Å². The Labute approximate surface area is 77.2 Å². The van der Waals surface area contributed by atoms with Gasteiger partial charge in [-0.2, -0.15) is 5.26 Å². The van der Waals surface area contributed by atoms with Crippen LogP contribution in [0.3, 0.4) is 0 Å². The molecule has 1 N–H and O–H groups in total. The number of ether oxygens (including phenoxy) is 1. The predicted octanol–water partition coefficient (Wildman–Crippen LogP) is 1.84. The van der Waals surface area contributed by atoms with E-state index in [1.165, 1.54) is 0 Å². The van der Waals surface area contributed by atoms with Gasteiger partial charge in [-0.1, -0.05) is 0 Å². The van der Waals surface area contributed by atoms with Crippen molar-refractivity contribution in [3.05, 3.63) is 35.9 Å². The highest BCUT2D eigenvalue weighted by molar-refractivity contribution is 5.44. The van der Waals surface area contributed by atoms with Crippen molar-refractivity contribution in [3.8, 4) is 11.8 Å². The van der Waals surface area contributed by atoms with Crippen molar-refractivity contribution in [2.45, 2.75) is 6.92 Å². The largest absolute Gasteiger partial charge is 0.493 e. The molecule has 0 aliphatic heterocycles. The molecule has 67 valence electrons. The van der Waals surface area contributed by atoms with Crippen LogP contribution < -0.4 is 4.74 Å². The molecule has 0 atom stereocenters. The molecule has 0 aromatic heterocycles. The summed E-state index contributed by atoms with van der Waals surface area (Å²) < 4.78 is 5.23. The molecule has 0 fully saturated rings. The fourth-order valence-electron chi connectivity index (χ4n) is 1.01. The quantitative estimate of drug-likeness (QED) is 0.764. The number of aliphatic hydroxyl groups excluding tert-OH is 1. The van der Waals surface area contributed by atoms with Gasteiger partial charge < -0.3 is 9.84 Å². The molecule has 0 bridgehead atoms. The number of benzene rings is 1. The van der Waals surface area contributed by atoms with Crippen LogP contribution >= 0.6 is 0 Å². The van der Waals surface area contributed by atoms with Gasteiger partial charge in [-0.25, -0.2) is 0 Å². The van der Waals surface area contributed by atoms with Crippen LogP contribution in [0, 0.1) is 17.9 Å². The number of nitrogens with zero attached hydrogens (tertiary/aromatic N) is 1. The predicted molar refractivity (Wildman–Crippen MR) is 47.7 cm³/mol. The van der Waals surface area contributed by atoms with E-state index in [0.717, 1.165) is 6.61 Å². The van der Waals surface area contributed by atoms with E-state index < -0.39 is 0 Å². The molecule has 0 unspecified atom stereocenters. The summed E-state index contributed by atoms with van der Waals surface area (Å²) >= 11 is 0. The highest BCUT2D eigenvalue weighted by atomic mass is 16.5. The summed E-state index contributed by atoms with van der Waals surface area (Å²) in [4.78, 5) is 0. The van der Waals surface area contributed by atoms with Crippen LogP contribution in [0.5, 0.6) is 5.75 Å². The van der Waals surface area contributed by atoms with Gasteiger partial charge in [0.2, 0.25) is 0 Å². The van der Waals surface area contributed by atoms with Crippen molar-refractivity contribution >= 4 is 0 Å². The summed E-state index contributed by atoms with van der Waals surface area (Å²) in [6.07, 6.45) is 0. The van der Waals surface area contributed by atoms with Gasteiger partial charge in [0.1, 0.15) is 12.4 Å². The summed E-state index contributed by atoms with van der Waals surface area (Å²) in [6, 6.07) is 6.88. The van der Waals surface area contributed by atoms with Gasteiger partial charge in [-0.15, -0.1) is 0 Å². The van der Waals surface area contributed by atoms with E-state index in [4.69, 9.17) is 15.1 Å². The van der Waals surface area contributed by atoms with Gasteiger partial charge in [0, 0.05) is 5.56 Å². The molecule has 0 aliphatic rings. The van der Waals surface area contributed by atoms with E-state index in [-0.39, 0.29) is 0 Å². The Morgan fingerprint density at radius 3 is 2.92 bits per heavy atom. The summed E-state index contributed by atoms with van der Waals surface area (Å²) in [5.41, 5.74) is 1.03. The average Bonchev–Trinajstić information content (AvgIpc) is 2.19. The molecule has 1 rings (SSSR count). The monoisotopic (exact) mass is 176 g/mol. The summed E-state index contributed by atoms with van der Waals surface area (Å²) in [5.74, 6) is 0.587. The first kappa shape index (κ1) is 9.56. The normalized spacial score (nSPS) is 9.31. The van der Waals surface area contributed by atoms with Crippen molar-refractivity contribution in [1.82, 2.24) is 0 Å². The lowest BCUT2D eigenvalue weighted by Crippen LogP contribution is -1.96. The fourth-order valence-corrected chi connectivity index (χ4v) is 1.01. The zero-order valence-corrected chi connectivity index (χ0v) is 7.32. The van der Waals surface area contributed by atoms with E-state index in [9.17, 15) is 0 Å². The highest BCUT2D eigenvalue weighted by Gasteiger charge is 2.03. The van der Waals surface area contributed by atoms with Crippen LogP contribution in [0.15, 0.2) is 18.2 Å². The Hall–Kier alpha value is -1.53. The Bertz CT molecular complexity index is 328. The first-order valence-corrected chi connectivity index (χ1v) is 3.96. The lowest BCUT2D eigenvalue weighted by atomic mass is 10.1. The van der Waals surface area contributed by atoms with Gasteiger partial charge in [-0.3, -0.25) is 0 Å².